The van der Waals surface area contributed by atoms with Crippen LogP contribution in [0, 0.1) is 12.8 Å². The molecule has 2 aromatic carbocycles. The number of nitrogens with one attached hydrogen (secondary N) is 1. The summed E-state index contributed by atoms with van der Waals surface area (Å²) >= 11 is 12.1. The van der Waals surface area contributed by atoms with E-state index in [0.29, 0.717) is 38.8 Å². The molecule has 1 saturated carbocycles. The predicted octanol–water partition coefficient (Wildman–Crippen LogP) is 6.35. The highest BCUT2D eigenvalue weighted by molar-refractivity contribution is 6.37. The third-order valence-corrected chi connectivity index (χ3v) is 6.95. The number of piperidine rings is 1. The lowest BCUT2D eigenvalue weighted by Gasteiger charge is -2.44. The number of anilines is 1. The third kappa shape index (κ3) is 4.35. The Labute approximate surface area is 187 Å². The topological polar surface area (TPSA) is 49.4 Å². The van der Waals surface area contributed by atoms with E-state index >= 15 is 0 Å². The summed E-state index contributed by atoms with van der Waals surface area (Å²) in [5, 5.41) is 3.67. The third-order valence-electron chi connectivity index (χ3n) is 6.40. The minimum atomic E-state index is -0.306. The molecule has 158 valence electrons. The van der Waals surface area contributed by atoms with E-state index in [0.717, 1.165) is 24.9 Å². The Morgan fingerprint density at radius 2 is 1.77 bits per heavy atom. The Bertz CT molecular complexity index is 974. The highest BCUT2D eigenvalue weighted by Crippen LogP contribution is 2.36. The number of fused-ring (bicyclic) bond motifs is 1. The maximum Gasteiger partial charge on any atom is 0.257 e. The van der Waals surface area contributed by atoms with Crippen LogP contribution in [-0.2, 0) is 0 Å². The predicted molar refractivity (Wildman–Crippen MR) is 122 cm³/mol. The van der Waals surface area contributed by atoms with Crippen LogP contribution in [0.2, 0.25) is 10.0 Å². The molecular weight excluding hydrogens is 419 g/mol. The van der Waals surface area contributed by atoms with Gasteiger partial charge >= 0.3 is 0 Å². The van der Waals surface area contributed by atoms with Crippen molar-refractivity contribution in [2.45, 2.75) is 51.5 Å². The highest BCUT2D eigenvalue weighted by atomic mass is 35.5. The molecule has 2 aromatic rings. The molecule has 1 aliphatic heterocycles. The normalized spacial score (nSPS) is 21.1. The summed E-state index contributed by atoms with van der Waals surface area (Å²) in [7, 11) is 0. The number of carbonyl (C=O) groups is 2. The molecule has 0 radical (unpaired) electrons. The van der Waals surface area contributed by atoms with Crippen molar-refractivity contribution >= 4 is 40.7 Å². The summed E-state index contributed by atoms with van der Waals surface area (Å²) < 4.78 is 0. The van der Waals surface area contributed by atoms with E-state index in [1.54, 1.807) is 30.3 Å². The first-order valence-electron chi connectivity index (χ1n) is 10.6. The van der Waals surface area contributed by atoms with Gasteiger partial charge < -0.3 is 10.2 Å². The van der Waals surface area contributed by atoms with E-state index < -0.39 is 0 Å². The molecule has 2 atom stereocenters. The lowest BCUT2D eigenvalue weighted by molar-refractivity contribution is 0.0390. The van der Waals surface area contributed by atoms with Crippen LogP contribution in [0.1, 0.15) is 64.8 Å². The minimum absolute atomic E-state index is 0.105. The molecule has 6 heteroatoms. The lowest BCUT2D eigenvalue weighted by atomic mass is 9.78. The summed E-state index contributed by atoms with van der Waals surface area (Å²) in [6.07, 6.45) is 7.18. The SMILES string of the molecule is Cc1cc(C(=O)N2CCC[C@H]3CCCC[C@@H]32)ccc1NC(=O)c1ccc(Cl)cc1Cl. The molecule has 4 nitrogen and oxygen atoms in total. The number of hydrogen-bond acceptors (Lipinski definition) is 2. The molecule has 0 aromatic heterocycles. The molecule has 30 heavy (non-hydrogen) atoms. The first kappa shape index (κ1) is 21.2. The molecule has 0 unspecified atom stereocenters. The second-order valence-electron chi connectivity index (χ2n) is 8.36. The Kier molecular flexibility index (Phi) is 6.35. The number of nitrogens with zero attached hydrogens (tertiary/aromatic N) is 1. The van der Waals surface area contributed by atoms with Crippen LogP contribution in [0.4, 0.5) is 5.69 Å². The Morgan fingerprint density at radius 3 is 2.53 bits per heavy atom. The fourth-order valence-corrected chi connectivity index (χ4v) is 5.34. The van der Waals surface area contributed by atoms with Crippen molar-refractivity contribution in [3.8, 4) is 0 Å². The van der Waals surface area contributed by atoms with Crippen molar-refractivity contribution < 1.29 is 9.59 Å². The molecule has 1 N–H and O–H groups in total. The first-order valence-corrected chi connectivity index (χ1v) is 11.4. The fourth-order valence-electron chi connectivity index (χ4n) is 4.84. The number of amides is 2. The lowest BCUT2D eigenvalue weighted by Crippen LogP contribution is -2.49. The van der Waals surface area contributed by atoms with Crippen LogP contribution in [0.25, 0.3) is 0 Å². The van der Waals surface area contributed by atoms with Crippen LogP contribution in [0.15, 0.2) is 36.4 Å². The van der Waals surface area contributed by atoms with Gasteiger partial charge in [-0.1, -0.05) is 36.0 Å². The van der Waals surface area contributed by atoms with Crippen molar-refractivity contribution in [3.05, 3.63) is 63.1 Å². The molecule has 1 aliphatic carbocycles. The van der Waals surface area contributed by atoms with Crippen LogP contribution < -0.4 is 5.32 Å². The van der Waals surface area contributed by atoms with Crippen molar-refractivity contribution in [2.24, 2.45) is 5.92 Å². The fraction of sp³-hybridized carbons (Fsp3) is 0.417. The second-order valence-corrected chi connectivity index (χ2v) is 9.20. The van der Waals surface area contributed by atoms with E-state index in [1.807, 2.05) is 13.0 Å². The van der Waals surface area contributed by atoms with Gasteiger partial charge in [0.1, 0.15) is 0 Å². The van der Waals surface area contributed by atoms with Gasteiger partial charge in [0.15, 0.2) is 0 Å². The van der Waals surface area contributed by atoms with Crippen LogP contribution in [0.5, 0.6) is 0 Å². The van der Waals surface area contributed by atoms with Gasteiger partial charge in [-0.15, -0.1) is 0 Å². The van der Waals surface area contributed by atoms with Gasteiger partial charge in [0.25, 0.3) is 11.8 Å². The number of halogens is 2. The summed E-state index contributed by atoms with van der Waals surface area (Å²) in [4.78, 5) is 27.9. The summed E-state index contributed by atoms with van der Waals surface area (Å²) in [5.41, 5.74) is 2.55. The minimum Gasteiger partial charge on any atom is -0.335 e. The molecule has 1 heterocycles. The second kappa shape index (κ2) is 8.99. The van der Waals surface area contributed by atoms with E-state index in [4.69, 9.17) is 23.2 Å². The van der Waals surface area contributed by atoms with Gasteiger partial charge in [-0.25, -0.2) is 0 Å². The van der Waals surface area contributed by atoms with E-state index in [2.05, 4.69) is 10.2 Å². The van der Waals surface area contributed by atoms with Gasteiger partial charge in [0.2, 0.25) is 0 Å². The largest absolute Gasteiger partial charge is 0.335 e. The molecule has 0 bridgehead atoms. The Balaban J connectivity index is 1.50. The molecule has 2 aliphatic rings. The van der Waals surface area contributed by atoms with Gasteiger partial charge in [0.05, 0.1) is 10.6 Å². The molecule has 1 saturated heterocycles. The van der Waals surface area contributed by atoms with Gasteiger partial charge in [-0.3, -0.25) is 9.59 Å². The van der Waals surface area contributed by atoms with Gasteiger partial charge in [-0.2, -0.15) is 0 Å². The average Bonchev–Trinajstić information content (AvgIpc) is 2.74. The van der Waals surface area contributed by atoms with Crippen LogP contribution >= 0.6 is 23.2 Å². The number of benzene rings is 2. The Morgan fingerprint density at radius 1 is 1.00 bits per heavy atom. The maximum absolute atomic E-state index is 13.2. The first-order chi connectivity index (χ1) is 14.4. The van der Waals surface area contributed by atoms with Crippen LogP contribution in [-0.4, -0.2) is 29.3 Å². The highest BCUT2D eigenvalue weighted by Gasteiger charge is 2.36. The number of likely N-dealkylation sites (tertiary alicyclic amines) is 1. The van der Waals surface area contributed by atoms with Gasteiger partial charge in [-0.05, 0) is 80.5 Å². The maximum atomic E-state index is 13.2. The summed E-state index contributed by atoms with van der Waals surface area (Å²) in [6, 6.07) is 10.6. The summed E-state index contributed by atoms with van der Waals surface area (Å²) in [5.74, 6) is 0.452. The van der Waals surface area contributed by atoms with E-state index in [9.17, 15) is 9.59 Å². The zero-order chi connectivity index (χ0) is 21.3. The zero-order valence-corrected chi connectivity index (χ0v) is 18.6. The number of aryl methyl sites for hydroxylation is 1. The summed E-state index contributed by atoms with van der Waals surface area (Å²) in [6.45, 7) is 2.74. The van der Waals surface area contributed by atoms with E-state index in [-0.39, 0.29) is 11.8 Å². The molecule has 4 rings (SSSR count). The number of rotatable bonds is 3. The molecule has 0 spiro atoms. The number of carbonyl (C=O) groups excluding carboxylic acids is 2. The monoisotopic (exact) mass is 444 g/mol. The standard InChI is InChI=1S/C24H26Cl2N2O2/c1-15-13-17(24(30)28-12-4-6-16-5-2-3-7-22(16)28)8-11-21(15)27-23(29)19-10-9-18(25)14-20(19)26/h8-11,13-14,16,22H,2-7,12H2,1H3,(H,27,29)/t16-,22+/m1/s1. The average molecular weight is 445 g/mol. The van der Waals surface area contributed by atoms with Crippen molar-refractivity contribution in [3.63, 3.8) is 0 Å². The molecule has 2 fully saturated rings. The zero-order valence-electron chi connectivity index (χ0n) is 17.1. The molecule has 2 amide bonds. The quantitative estimate of drug-likeness (QED) is 0.599. The van der Waals surface area contributed by atoms with Crippen molar-refractivity contribution in [2.75, 3.05) is 11.9 Å². The van der Waals surface area contributed by atoms with Crippen molar-refractivity contribution in [1.29, 1.82) is 0 Å². The van der Waals surface area contributed by atoms with E-state index in [1.165, 1.54) is 25.7 Å². The van der Waals surface area contributed by atoms with Crippen LogP contribution in [0.3, 0.4) is 0 Å². The molecular formula is C24H26Cl2N2O2. The van der Waals surface area contributed by atoms with Crippen molar-refractivity contribution in [1.82, 2.24) is 4.90 Å². The Hall–Kier alpha value is -2.04. The number of hydrogen-bond donors (Lipinski definition) is 1. The smallest absolute Gasteiger partial charge is 0.257 e. The van der Waals surface area contributed by atoms with Gasteiger partial charge in [0, 0.05) is 28.9 Å².